The van der Waals surface area contributed by atoms with Gasteiger partial charge in [-0.25, -0.2) is 0 Å². The maximum Gasteiger partial charge on any atom is 0.0667 e. The number of allylic oxidation sites excluding steroid dienone is 2. The van der Waals surface area contributed by atoms with Crippen LogP contribution in [0.25, 0.3) is 0 Å². The molecular weight excluding hydrogens is 244 g/mol. The van der Waals surface area contributed by atoms with E-state index in [1.54, 1.807) is 0 Å². The zero-order chi connectivity index (χ0) is 13.6. The molecule has 1 heterocycles. The van der Waals surface area contributed by atoms with Crippen molar-refractivity contribution in [1.29, 1.82) is 0 Å². The lowest BCUT2D eigenvalue weighted by Gasteiger charge is -2.19. The molecule has 1 aromatic rings. The van der Waals surface area contributed by atoms with Crippen molar-refractivity contribution in [3.63, 3.8) is 0 Å². The van der Waals surface area contributed by atoms with E-state index in [1.165, 1.54) is 55.5 Å². The van der Waals surface area contributed by atoms with E-state index < -0.39 is 0 Å². The van der Waals surface area contributed by atoms with Crippen LogP contribution in [0.15, 0.2) is 47.1 Å². The highest BCUT2D eigenvalue weighted by Crippen LogP contribution is 2.22. The molecule has 2 nitrogen and oxygen atoms in total. The second-order valence-electron chi connectivity index (χ2n) is 5.87. The number of rotatable bonds is 3. The van der Waals surface area contributed by atoms with E-state index in [4.69, 9.17) is 4.99 Å². The van der Waals surface area contributed by atoms with Gasteiger partial charge in [-0.15, -0.1) is 0 Å². The molecule has 1 N–H and O–H groups in total. The molecule has 1 saturated carbocycles. The van der Waals surface area contributed by atoms with Gasteiger partial charge in [-0.1, -0.05) is 49.6 Å². The van der Waals surface area contributed by atoms with Gasteiger partial charge in [0.15, 0.2) is 0 Å². The van der Waals surface area contributed by atoms with Crippen molar-refractivity contribution >= 4 is 5.71 Å². The number of benzene rings is 1. The standard InChI is InChI=1S/C18H24N2/c1-3-8-15(9-4-1)18(14-17-12-7-13-19-17)20-16-10-5-2-6-11-16/h1,3-4,8-9,14,16,19H,2,5-7,10-13H2. The summed E-state index contributed by atoms with van der Waals surface area (Å²) >= 11 is 0. The number of hydrogen-bond donors (Lipinski definition) is 1. The van der Waals surface area contributed by atoms with Crippen LogP contribution in [0.2, 0.25) is 0 Å². The van der Waals surface area contributed by atoms with Gasteiger partial charge in [0.1, 0.15) is 0 Å². The summed E-state index contributed by atoms with van der Waals surface area (Å²) in [5, 5.41) is 3.47. The summed E-state index contributed by atoms with van der Waals surface area (Å²) in [6.07, 6.45) is 11.3. The van der Waals surface area contributed by atoms with Crippen LogP contribution in [0.5, 0.6) is 0 Å². The normalized spacial score (nSPS) is 23.0. The minimum Gasteiger partial charge on any atom is -0.388 e. The fourth-order valence-electron chi connectivity index (χ4n) is 3.12. The van der Waals surface area contributed by atoms with E-state index in [2.05, 4.69) is 41.7 Å². The first-order chi connectivity index (χ1) is 9.92. The summed E-state index contributed by atoms with van der Waals surface area (Å²) in [7, 11) is 0. The van der Waals surface area contributed by atoms with Crippen LogP contribution in [0.4, 0.5) is 0 Å². The van der Waals surface area contributed by atoms with Crippen molar-refractivity contribution in [2.24, 2.45) is 4.99 Å². The van der Waals surface area contributed by atoms with E-state index >= 15 is 0 Å². The Morgan fingerprint density at radius 2 is 1.85 bits per heavy atom. The molecule has 0 atom stereocenters. The van der Waals surface area contributed by atoms with Gasteiger partial charge in [0, 0.05) is 12.2 Å². The average molecular weight is 268 g/mol. The first kappa shape index (κ1) is 13.4. The third-order valence-corrected chi connectivity index (χ3v) is 4.25. The third-order valence-electron chi connectivity index (χ3n) is 4.25. The molecule has 1 aromatic carbocycles. The first-order valence-corrected chi connectivity index (χ1v) is 7.99. The van der Waals surface area contributed by atoms with Crippen LogP contribution in [0.1, 0.15) is 50.5 Å². The van der Waals surface area contributed by atoms with Gasteiger partial charge in [0.2, 0.25) is 0 Å². The van der Waals surface area contributed by atoms with Gasteiger partial charge < -0.3 is 5.32 Å². The van der Waals surface area contributed by atoms with Crippen molar-refractivity contribution < 1.29 is 0 Å². The second kappa shape index (κ2) is 6.74. The minimum absolute atomic E-state index is 0.525. The minimum atomic E-state index is 0.525. The predicted molar refractivity (Wildman–Crippen MR) is 85.2 cm³/mol. The summed E-state index contributed by atoms with van der Waals surface area (Å²) in [5.41, 5.74) is 3.77. The molecule has 3 rings (SSSR count). The van der Waals surface area contributed by atoms with Crippen molar-refractivity contribution in [1.82, 2.24) is 5.32 Å². The van der Waals surface area contributed by atoms with Crippen LogP contribution < -0.4 is 5.32 Å². The van der Waals surface area contributed by atoms with E-state index in [0.29, 0.717) is 6.04 Å². The smallest absolute Gasteiger partial charge is 0.0667 e. The van der Waals surface area contributed by atoms with E-state index in [0.717, 1.165) is 13.0 Å². The van der Waals surface area contributed by atoms with Crippen LogP contribution in [0, 0.1) is 0 Å². The van der Waals surface area contributed by atoms with Gasteiger partial charge >= 0.3 is 0 Å². The van der Waals surface area contributed by atoms with Crippen molar-refractivity contribution in [2.45, 2.75) is 51.0 Å². The topological polar surface area (TPSA) is 24.4 Å². The maximum atomic E-state index is 5.07. The Kier molecular flexibility index (Phi) is 4.52. The average Bonchev–Trinajstić information content (AvgIpc) is 3.02. The van der Waals surface area contributed by atoms with Gasteiger partial charge in [-0.2, -0.15) is 0 Å². The highest BCUT2D eigenvalue weighted by molar-refractivity contribution is 6.09. The maximum absolute atomic E-state index is 5.07. The number of nitrogens with one attached hydrogen (secondary N) is 1. The molecule has 2 heteroatoms. The lowest BCUT2D eigenvalue weighted by Crippen LogP contribution is -2.14. The lowest BCUT2D eigenvalue weighted by molar-refractivity contribution is 0.444. The quantitative estimate of drug-likeness (QED) is 0.821. The second-order valence-corrected chi connectivity index (χ2v) is 5.87. The fourth-order valence-corrected chi connectivity index (χ4v) is 3.12. The van der Waals surface area contributed by atoms with Crippen LogP contribution in [-0.2, 0) is 0 Å². The summed E-state index contributed by atoms with van der Waals surface area (Å²) < 4.78 is 0. The molecule has 2 fully saturated rings. The highest BCUT2D eigenvalue weighted by atomic mass is 14.9. The van der Waals surface area contributed by atoms with Crippen molar-refractivity contribution in [2.75, 3.05) is 6.54 Å². The summed E-state index contributed by atoms with van der Waals surface area (Å²) in [4.78, 5) is 5.07. The fraction of sp³-hybridized carbons (Fsp3) is 0.500. The molecule has 1 aliphatic heterocycles. The molecule has 2 aliphatic rings. The van der Waals surface area contributed by atoms with Crippen molar-refractivity contribution in [3.8, 4) is 0 Å². The Labute approximate surface area is 122 Å². The Balaban J connectivity index is 1.86. The number of nitrogens with zero attached hydrogens (tertiary/aromatic N) is 1. The molecule has 1 aliphatic carbocycles. The molecule has 20 heavy (non-hydrogen) atoms. The van der Waals surface area contributed by atoms with E-state index in [-0.39, 0.29) is 0 Å². The molecule has 0 spiro atoms. The Hall–Kier alpha value is -1.57. The van der Waals surface area contributed by atoms with Gasteiger partial charge in [0.25, 0.3) is 0 Å². The summed E-state index contributed by atoms with van der Waals surface area (Å²) in [5.74, 6) is 0. The van der Waals surface area contributed by atoms with Gasteiger partial charge in [0.05, 0.1) is 11.8 Å². The highest BCUT2D eigenvalue weighted by Gasteiger charge is 2.14. The molecular formula is C18H24N2. The molecule has 106 valence electrons. The zero-order valence-electron chi connectivity index (χ0n) is 12.1. The van der Waals surface area contributed by atoms with Crippen molar-refractivity contribution in [3.05, 3.63) is 47.7 Å². The number of aliphatic imine (C=N–C) groups is 1. The van der Waals surface area contributed by atoms with E-state index in [1.807, 2.05) is 0 Å². The molecule has 1 saturated heterocycles. The Morgan fingerprint density at radius 3 is 2.55 bits per heavy atom. The van der Waals surface area contributed by atoms with Gasteiger partial charge in [-0.05, 0) is 37.3 Å². The van der Waals surface area contributed by atoms with Crippen LogP contribution >= 0.6 is 0 Å². The molecule has 0 amide bonds. The molecule has 0 bridgehead atoms. The largest absolute Gasteiger partial charge is 0.388 e. The SMILES string of the molecule is C(=C1CCCN1)C(=NC1CCCCC1)c1ccccc1. The predicted octanol–water partition coefficient (Wildman–Crippen LogP) is 4.08. The Morgan fingerprint density at radius 1 is 1.05 bits per heavy atom. The zero-order valence-corrected chi connectivity index (χ0v) is 12.1. The number of hydrogen-bond acceptors (Lipinski definition) is 2. The third kappa shape index (κ3) is 3.50. The van der Waals surface area contributed by atoms with E-state index in [9.17, 15) is 0 Å². The first-order valence-electron chi connectivity index (χ1n) is 7.99. The van der Waals surface area contributed by atoms with Crippen LogP contribution in [0.3, 0.4) is 0 Å². The monoisotopic (exact) mass is 268 g/mol. The molecule has 0 aromatic heterocycles. The summed E-state index contributed by atoms with van der Waals surface area (Å²) in [6.45, 7) is 1.11. The summed E-state index contributed by atoms with van der Waals surface area (Å²) in [6, 6.07) is 11.2. The molecule has 0 radical (unpaired) electrons. The Bertz CT molecular complexity index is 473. The molecule has 0 unspecified atom stereocenters. The van der Waals surface area contributed by atoms with Crippen LogP contribution in [-0.4, -0.2) is 18.3 Å². The van der Waals surface area contributed by atoms with Gasteiger partial charge in [-0.3, -0.25) is 4.99 Å². The lowest BCUT2D eigenvalue weighted by atomic mass is 9.95.